The van der Waals surface area contributed by atoms with Crippen LogP contribution in [0.2, 0.25) is 0 Å². The average molecular weight is 391 g/mol. The molecule has 0 amide bonds. The largest absolute Gasteiger partial charge is 0.490 e. The maximum absolute atomic E-state index is 14.7. The van der Waals surface area contributed by atoms with E-state index in [1.807, 2.05) is 6.92 Å². The lowest BCUT2D eigenvalue weighted by Crippen LogP contribution is -2.25. The highest BCUT2D eigenvalue weighted by Crippen LogP contribution is 2.45. The summed E-state index contributed by atoms with van der Waals surface area (Å²) in [6, 6.07) is 3.38. The van der Waals surface area contributed by atoms with Crippen molar-refractivity contribution in [1.82, 2.24) is 0 Å². The van der Waals surface area contributed by atoms with E-state index in [4.69, 9.17) is 4.74 Å². The number of halogens is 2. The number of rotatable bonds is 7. The van der Waals surface area contributed by atoms with Gasteiger partial charge in [0.2, 0.25) is 5.82 Å². The van der Waals surface area contributed by atoms with Crippen molar-refractivity contribution < 1.29 is 13.5 Å². The topological polar surface area (TPSA) is 9.23 Å². The molecule has 2 saturated carbocycles. The lowest BCUT2D eigenvalue weighted by Gasteiger charge is -2.37. The van der Waals surface area contributed by atoms with E-state index in [0.717, 1.165) is 56.3 Å². The van der Waals surface area contributed by atoms with Gasteiger partial charge in [-0.1, -0.05) is 31.6 Å². The third-order valence-corrected chi connectivity index (χ3v) is 6.99. The molecule has 2 aliphatic carbocycles. The quantitative estimate of drug-likeness (QED) is 0.341. The Morgan fingerprint density at radius 3 is 2.18 bits per heavy atom. The van der Waals surface area contributed by atoms with Crippen molar-refractivity contribution in [1.29, 1.82) is 0 Å². The first-order chi connectivity index (χ1) is 13.6. The van der Waals surface area contributed by atoms with Crippen molar-refractivity contribution in [2.24, 2.45) is 17.8 Å². The molecule has 0 spiro atoms. The molecule has 1 aromatic carbocycles. The van der Waals surface area contributed by atoms with Crippen LogP contribution in [0, 0.1) is 29.4 Å². The summed E-state index contributed by atoms with van der Waals surface area (Å²) in [5.41, 5.74) is 0.551. The van der Waals surface area contributed by atoms with E-state index in [2.05, 4.69) is 19.1 Å². The van der Waals surface area contributed by atoms with Crippen molar-refractivity contribution in [2.75, 3.05) is 6.61 Å². The molecule has 28 heavy (non-hydrogen) atoms. The minimum Gasteiger partial charge on any atom is -0.490 e. The van der Waals surface area contributed by atoms with Gasteiger partial charge in [-0.3, -0.25) is 0 Å². The minimum atomic E-state index is -0.807. The monoisotopic (exact) mass is 390 g/mol. The molecule has 0 N–H and O–H groups in total. The van der Waals surface area contributed by atoms with E-state index in [9.17, 15) is 8.78 Å². The number of allylic oxidation sites excluding steroid dienone is 2. The predicted octanol–water partition coefficient (Wildman–Crippen LogP) is 7.80. The number of ether oxygens (including phenoxy) is 1. The second-order valence-electron chi connectivity index (χ2n) is 8.80. The van der Waals surface area contributed by atoms with Crippen LogP contribution in [0.3, 0.4) is 0 Å². The number of hydrogen-bond donors (Lipinski definition) is 0. The number of benzene rings is 1. The molecule has 0 heterocycles. The van der Waals surface area contributed by atoms with Crippen LogP contribution in [-0.4, -0.2) is 6.61 Å². The molecule has 156 valence electrons. The first-order valence-electron chi connectivity index (χ1n) is 11.4. The Kier molecular flexibility index (Phi) is 7.93. The molecule has 0 atom stereocenters. The average Bonchev–Trinajstić information content (AvgIpc) is 2.72. The van der Waals surface area contributed by atoms with Gasteiger partial charge in [0, 0.05) is 0 Å². The molecule has 2 aliphatic rings. The summed E-state index contributed by atoms with van der Waals surface area (Å²) in [7, 11) is 0. The predicted molar refractivity (Wildman–Crippen MR) is 112 cm³/mol. The molecule has 3 heteroatoms. The lowest BCUT2D eigenvalue weighted by molar-refractivity contribution is 0.170. The van der Waals surface area contributed by atoms with Crippen LogP contribution in [-0.2, 0) is 0 Å². The van der Waals surface area contributed by atoms with Gasteiger partial charge >= 0.3 is 0 Å². The zero-order chi connectivity index (χ0) is 19.9. The van der Waals surface area contributed by atoms with Crippen LogP contribution in [0.25, 0.3) is 0 Å². The van der Waals surface area contributed by atoms with Gasteiger partial charge in [0.05, 0.1) is 6.61 Å². The van der Waals surface area contributed by atoms with Gasteiger partial charge < -0.3 is 4.74 Å². The normalized spacial score (nSPS) is 28.6. The van der Waals surface area contributed by atoms with E-state index in [-0.39, 0.29) is 11.7 Å². The summed E-state index contributed by atoms with van der Waals surface area (Å²) in [5.74, 6) is 1.08. The second-order valence-corrected chi connectivity index (χ2v) is 8.80. The highest BCUT2D eigenvalue weighted by Gasteiger charge is 2.32. The molecule has 1 nitrogen and oxygen atoms in total. The first kappa shape index (κ1) is 21.3. The molecule has 0 unspecified atom stereocenters. The summed E-state index contributed by atoms with van der Waals surface area (Å²) in [5, 5.41) is 0. The lowest BCUT2D eigenvalue weighted by atomic mass is 9.68. The van der Waals surface area contributed by atoms with Gasteiger partial charge in [0.15, 0.2) is 11.6 Å². The second kappa shape index (κ2) is 10.4. The fourth-order valence-electron chi connectivity index (χ4n) is 5.28. The summed E-state index contributed by atoms with van der Waals surface area (Å²) in [4.78, 5) is 0. The van der Waals surface area contributed by atoms with Crippen LogP contribution in [0.4, 0.5) is 8.78 Å². The van der Waals surface area contributed by atoms with E-state index in [1.165, 1.54) is 25.7 Å². The molecular weight excluding hydrogens is 354 g/mol. The van der Waals surface area contributed by atoms with E-state index in [0.29, 0.717) is 12.2 Å². The standard InChI is InChI=1S/C25H36F2O/c1-3-5-17-28-23-16-15-22(24(26)25(23)27)21-13-11-20(12-14-21)19-9-7-18(6-4-2)8-10-19/h4,6,15-16,18-21H,3,5,7-14,17H2,1-2H3/b6-4+. The van der Waals surface area contributed by atoms with Gasteiger partial charge in [-0.25, -0.2) is 4.39 Å². The van der Waals surface area contributed by atoms with Crippen molar-refractivity contribution in [2.45, 2.75) is 84.0 Å². The van der Waals surface area contributed by atoms with Crippen molar-refractivity contribution in [3.63, 3.8) is 0 Å². The molecule has 1 aromatic rings. The fourth-order valence-corrected chi connectivity index (χ4v) is 5.28. The van der Waals surface area contributed by atoms with Gasteiger partial charge in [0.25, 0.3) is 0 Å². The molecule has 0 radical (unpaired) electrons. The Hall–Kier alpha value is -1.38. The number of unbranched alkanes of at least 4 members (excludes halogenated alkanes) is 1. The summed E-state index contributed by atoms with van der Waals surface area (Å²) in [6.45, 7) is 4.60. The summed E-state index contributed by atoms with van der Waals surface area (Å²) < 4.78 is 34.5. The number of hydrogen-bond acceptors (Lipinski definition) is 1. The summed E-state index contributed by atoms with van der Waals surface area (Å²) >= 11 is 0. The third kappa shape index (κ3) is 5.15. The molecule has 0 aromatic heterocycles. The van der Waals surface area contributed by atoms with Crippen LogP contribution in [0.5, 0.6) is 5.75 Å². The fraction of sp³-hybridized carbons (Fsp3) is 0.680. The van der Waals surface area contributed by atoms with Gasteiger partial charge in [-0.2, -0.15) is 4.39 Å². The van der Waals surface area contributed by atoms with Gasteiger partial charge in [-0.05, 0) is 100 Å². The van der Waals surface area contributed by atoms with Gasteiger partial charge in [-0.15, -0.1) is 0 Å². The zero-order valence-electron chi connectivity index (χ0n) is 17.6. The van der Waals surface area contributed by atoms with E-state index >= 15 is 0 Å². The Bertz CT molecular complexity index is 638. The molecule has 0 aliphatic heterocycles. The Labute approximate surface area is 169 Å². The third-order valence-electron chi connectivity index (χ3n) is 6.99. The Morgan fingerprint density at radius 1 is 0.929 bits per heavy atom. The molecule has 3 rings (SSSR count). The van der Waals surface area contributed by atoms with Crippen molar-refractivity contribution in [3.8, 4) is 5.75 Å². The highest BCUT2D eigenvalue weighted by molar-refractivity contribution is 5.33. The van der Waals surface area contributed by atoms with Crippen LogP contribution in [0.15, 0.2) is 24.3 Å². The maximum Gasteiger partial charge on any atom is 0.200 e. The summed E-state index contributed by atoms with van der Waals surface area (Å²) in [6.07, 6.45) is 15.9. The van der Waals surface area contributed by atoms with E-state index in [1.54, 1.807) is 12.1 Å². The zero-order valence-corrected chi connectivity index (χ0v) is 17.6. The SMILES string of the molecule is C/C=C/C1CCC(C2CCC(c3ccc(OCCCC)c(F)c3F)CC2)CC1. The molecular formula is C25H36F2O. The minimum absolute atomic E-state index is 0.0567. The van der Waals surface area contributed by atoms with Gasteiger partial charge in [0.1, 0.15) is 0 Å². The van der Waals surface area contributed by atoms with Crippen molar-refractivity contribution in [3.05, 3.63) is 41.5 Å². The van der Waals surface area contributed by atoms with Crippen LogP contribution >= 0.6 is 0 Å². The molecule has 2 fully saturated rings. The first-order valence-corrected chi connectivity index (χ1v) is 11.4. The van der Waals surface area contributed by atoms with E-state index < -0.39 is 11.6 Å². The Balaban J connectivity index is 1.54. The molecule has 0 saturated heterocycles. The highest BCUT2D eigenvalue weighted by atomic mass is 19.2. The smallest absolute Gasteiger partial charge is 0.200 e. The van der Waals surface area contributed by atoms with Crippen LogP contribution < -0.4 is 4.74 Å². The maximum atomic E-state index is 14.7. The molecule has 0 bridgehead atoms. The van der Waals surface area contributed by atoms with Crippen LogP contribution in [0.1, 0.15) is 89.5 Å². The van der Waals surface area contributed by atoms with Crippen molar-refractivity contribution >= 4 is 0 Å². The Morgan fingerprint density at radius 2 is 1.57 bits per heavy atom.